The Morgan fingerprint density at radius 1 is 0.769 bits per heavy atom. The van der Waals surface area contributed by atoms with Crippen LogP contribution in [0.5, 0.6) is 0 Å². The van der Waals surface area contributed by atoms with Gasteiger partial charge in [-0.05, 0) is 29.7 Å². The number of hydrogen-bond donors (Lipinski definition) is 1. The highest BCUT2D eigenvalue weighted by Crippen LogP contribution is 2.37. The Morgan fingerprint density at radius 3 is 2.38 bits per heavy atom. The first-order chi connectivity index (χ1) is 12.9. The van der Waals surface area contributed by atoms with E-state index < -0.39 is 0 Å². The summed E-state index contributed by atoms with van der Waals surface area (Å²) in [7, 11) is 0. The van der Waals surface area contributed by atoms with Crippen molar-refractivity contribution in [2.75, 3.05) is 11.9 Å². The second-order valence-corrected chi connectivity index (χ2v) is 6.70. The molecule has 0 radical (unpaired) electrons. The molecule has 0 atom stereocenters. The van der Waals surface area contributed by atoms with Crippen LogP contribution < -0.4 is 5.32 Å². The van der Waals surface area contributed by atoms with Crippen LogP contribution in [-0.4, -0.2) is 11.5 Å². The van der Waals surface area contributed by atoms with Crippen LogP contribution in [0.2, 0.25) is 0 Å². The lowest BCUT2D eigenvalue weighted by atomic mass is 9.97. The van der Waals surface area contributed by atoms with Gasteiger partial charge in [0.25, 0.3) is 0 Å². The molecule has 0 aliphatic carbocycles. The number of unbranched alkanes of at least 4 members (excludes halogenated alkanes) is 2. The fraction of sp³-hybridized carbons (Fsp3) is 0.208. The van der Waals surface area contributed by atoms with Crippen LogP contribution in [0.25, 0.3) is 32.9 Å². The summed E-state index contributed by atoms with van der Waals surface area (Å²) in [5.74, 6) is 0. The second kappa shape index (κ2) is 7.57. The molecule has 1 heterocycles. The number of hydrogen-bond acceptors (Lipinski definition) is 2. The summed E-state index contributed by atoms with van der Waals surface area (Å²) in [6.07, 6.45) is 3.66. The third-order valence-electron chi connectivity index (χ3n) is 4.87. The Labute approximate surface area is 154 Å². The van der Waals surface area contributed by atoms with Crippen LogP contribution in [0.4, 0.5) is 5.69 Å². The molecular formula is C24H24N2. The summed E-state index contributed by atoms with van der Waals surface area (Å²) in [6, 6.07) is 25.4. The molecule has 26 heavy (non-hydrogen) atoms. The smallest absolute Gasteiger partial charge is 0.0736 e. The van der Waals surface area contributed by atoms with Crippen LogP contribution >= 0.6 is 0 Å². The van der Waals surface area contributed by atoms with E-state index in [9.17, 15) is 0 Å². The van der Waals surface area contributed by atoms with Crippen molar-refractivity contribution in [3.05, 3.63) is 72.8 Å². The minimum absolute atomic E-state index is 0.986. The topological polar surface area (TPSA) is 24.9 Å². The molecule has 0 saturated heterocycles. The van der Waals surface area contributed by atoms with E-state index in [0.717, 1.165) is 17.6 Å². The van der Waals surface area contributed by atoms with Gasteiger partial charge in [-0.1, -0.05) is 80.4 Å². The van der Waals surface area contributed by atoms with Crippen molar-refractivity contribution >= 4 is 27.5 Å². The number of nitrogens with one attached hydrogen (secondary N) is 1. The Kier molecular flexibility index (Phi) is 4.83. The van der Waals surface area contributed by atoms with Gasteiger partial charge < -0.3 is 5.32 Å². The fourth-order valence-corrected chi connectivity index (χ4v) is 3.57. The average molecular weight is 340 g/mol. The van der Waals surface area contributed by atoms with E-state index in [4.69, 9.17) is 4.98 Å². The highest BCUT2D eigenvalue weighted by molar-refractivity contribution is 6.13. The van der Waals surface area contributed by atoms with E-state index in [-0.39, 0.29) is 0 Å². The van der Waals surface area contributed by atoms with Gasteiger partial charge >= 0.3 is 0 Å². The molecule has 3 aromatic carbocycles. The Morgan fingerprint density at radius 2 is 1.54 bits per heavy atom. The first-order valence-corrected chi connectivity index (χ1v) is 9.49. The number of para-hydroxylation sites is 1. The molecule has 0 unspecified atom stereocenters. The first-order valence-electron chi connectivity index (χ1n) is 9.49. The molecule has 130 valence electrons. The molecule has 2 heteroatoms. The molecule has 4 aromatic rings. The highest BCUT2D eigenvalue weighted by Gasteiger charge is 2.13. The maximum atomic E-state index is 4.93. The molecule has 2 nitrogen and oxygen atoms in total. The van der Waals surface area contributed by atoms with E-state index in [2.05, 4.69) is 85.0 Å². The molecule has 4 rings (SSSR count). The summed E-state index contributed by atoms with van der Waals surface area (Å²) in [5.41, 5.74) is 5.76. The minimum atomic E-state index is 0.986. The number of aromatic nitrogens is 1. The molecule has 0 saturated carbocycles. The zero-order valence-corrected chi connectivity index (χ0v) is 15.2. The maximum Gasteiger partial charge on any atom is 0.0736 e. The van der Waals surface area contributed by atoms with Crippen LogP contribution in [0, 0.1) is 0 Å². The number of benzene rings is 3. The molecular weight excluding hydrogens is 316 g/mol. The fourth-order valence-electron chi connectivity index (χ4n) is 3.57. The zero-order chi connectivity index (χ0) is 17.8. The third kappa shape index (κ3) is 3.15. The van der Waals surface area contributed by atoms with Crippen molar-refractivity contribution in [3.8, 4) is 11.1 Å². The van der Waals surface area contributed by atoms with Gasteiger partial charge in [0.1, 0.15) is 0 Å². The number of rotatable bonds is 6. The van der Waals surface area contributed by atoms with Crippen molar-refractivity contribution in [2.45, 2.75) is 26.2 Å². The normalized spacial score (nSPS) is 11.1. The minimum Gasteiger partial charge on any atom is -0.384 e. The molecule has 0 aliphatic heterocycles. The number of nitrogens with zero attached hydrogens (tertiary/aromatic N) is 1. The quantitative estimate of drug-likeness (QED) is 0.314. The number of fused-ring (bicyclic) bond motifs is 2. The molecule has 0 amide bonds. The van der Waals surface area contributed by atoms with Gasteiger partial charge in [0, 0.05) is 17.3 Å². The van der Waals surface area contributed by atoms with E-state index in [1.54, 1.807) is 0 Å². The van der Waals surface area contributed by atoms with Crippen molar-refractivity contribution in [1.29, 1.82) is 0 Å². The van der Waals surface area contributed by atoms with Crippen LogP contribution in [0.1, 0.15) is 26.2 Å². The lowest BCUT2D eigenvalue weighted by Gasteiger charge is -2.16. The first kappa shape index (κ1) is 16.6. The predicted octanol–water partition coefficient (Wildman–Crippen LogP) is 6.66. The molecule has 0 bridgehead atoms. The summed E-state index contributed by atoms with van der Waals surface area (Å²) >= 11 is 0. The summed E-state index contributed by atoms with van der Waals surface area (Å²) in [6.45, 7) is 3.23. The van der Waals surface area contributed by atoms with Crippen LogP contribution in [-0.2, 0) is 0 Å². The van der Waals surface area contributed by atoms with Crippen LogP contribution in [0.3, 0.4) is 0 Å². The number of anilines is 1. The van der Waals surface area contributed by atoms with E-state index in [0.29, 0.717) is 0 Å². The molecule has 1 aromatic heterocycles. The van der Waals surface area contributed by atoms with Crippen molar-refractivity contribution in [1.82, 2.24) is 4.98 Å². The summed E-state index contributed by atoms with van der Waals surface area (Å²) in [5, 5.41) is 6.15. The van der Waals surface area contributed by atoms with Crippen molar-refractivity contribution in [2.24, 2.45) is 0 Å². The summed E-state index contributed by atoms with van der Waals surface area (Å²) < 4.78 is 0. The van der Waals surface area contributed by atoms with Crippen LogP contribution in [0.15, 0.2) is 72.8 Å². The van der Waals surface area contributed by atoms with E-state index >= 15 is 0 Å². The van der Waals surface area contributed by atoms with Gasteiger partial charge in [-0.15, -0.1) is 0 Å². The van der Waals surface area contributed by atoms with Crippen molar-refractivity contribution < 1.29 is 0 Å². The van der Waals surface area contributed by atoms with Gasteiger partial charge in [-0.25, -0.2) is 4.98 Å². The Bertz CT molecular complexity index is 1020. The standard InChI is InChI=1S/C24H24N2/c1-2-3-9-17-25-24-20-13-7-8-15-21(20)26-22-16-10-14-19(23(22)24)18-11-5-4-6-12-18/h4-8,10-16H,2-3,9,17H2,1H3,(H,25,26). The Balaban J connectivity index is 1.95. The van der Waals surface area contributed by atoms with Gasteiger partial charge in [-0.2, -0.15) is 0 Å². The molecule has 1 N–H and O–H groups in total. The third-order valence-corrected chi connectivity index (χ3v) is 4.87. The lowest BCUT2D eigenvalue weighted by molar-refractivity contribution is 0.744. The van der Waals surface area contributed by atoms with E-state index in [1.165, 1.54) is 46.8 Å². The van der Waals surface area contributed by atoms with Gasteiger partial charge in [0.05, 0.1) is 16.7 Å². The number of pyridine rings is 1. The van der Waals surface area contributed by atoms with Gasteiger partial charge in [-0.3, -0.25) is 0 Å². The Hall–Kier alpha value is -2.87. The molecule has 0 aliphatic rings. The zero-order valence-electron chi connectivity index (χ0n) is 15.2. The maximum absolute atomic E-state index is 4.93. The average Bonchev–Trinajstić information content (AvgIpc) is 2.70. The highest BCUT2D eigenvalue weighted by atomic mass is 14.9. The monoisotopic (exact) mass is 340 g/mol. The van der Waals surface area contributed by atoms with Crippen molar-refractivity contribution in [3.63, 3.8) is 0 Å². The van der Waals surface area contributed by atoms with E-state index in [1.807, 2.05) is 0 Å². The SMILES string of the molecule is CCCCCNc1c2ccccc2nc2cccc(-c3ccccc3)c12. The van der Waals surface area contributed by atoms with Gasteiger partial charge in [0.15, 0.2) is 0 Å². The molecule has 0 spiro atoms. The second-order valence-electron chi connectivity index (χ2n) is 6.70. The summed E-state index contributed by atoms with van der Waals surface area (Å²) in [4.78, 5) is 4.93. The molecule has 0 fully saturated rings. The lowest BCUT2D eigenvalue weighted by Crippen LogP contribution is -2.04. The van der Waals surface area contributed by atoms with Gasteiger partial charge in [0.2, 0.25) is 0 Å². The largest absolute Gasteiger partial charge is 0.384 e. The predicted molar refractivity (Wildman–Crippen MR) is 113 cm³/mol.